The Morgan fingerprint density at radius 2 is 2.19 bits per heavy atom. The minimum atomic E-state index is -0.892. The van der Waals surface area contributed by atoms with Crippen LogP contribution in [0.15, 0.2) is 18.2 Å². The Labute approximate surface area is 98.5 Å². The number of hydrogen-bond donors (Lipinski definition) is 0. The summed E-state index contributed by atoms with van der Waals surface area (Å²) >= 11 is 0. The number of methoxy groups -OCH3 is 1. The van der Waals surface area contributed by atoms with Crippen molar-refractivity contribution in [3.05, 3.63) is 29.3 Å². The van der Waals surface area contributed by atoms with E-state index in [2.05, 4.69) is 6.07 Å². The zero-order chi connectivity index (χ0) is 12.1. The SMILES string of the molecule is COc1ccc(CS(=O)C(C)C)cc1C#N. The lowest BCUT2D eigenvalue weighted by Gasteiger charge is -2.07. The van der Waals surface area contributed by atoms with Crippen molar-refractivity contribution in [3.63, 3.8) is 0 Å². The van der Waals surface area contributed by atoms with Gasteiger partial charge in [-0.3, -0.25) is 4.21 Å². The molecule has 1 aromatic rings. The molecule has 0 fully saturated rings. The molecule has 0 heterocycles. The summed E-state index contributed by atoms with van der Waals surface area (Å²) < 4.78 is 16.7. The molecule has 86 valence electrons. The Morgan fingerprint density at radius 3 is 2.69 bits per heavy atom. The number of benzene rings is 1. The molecule has 0 bridgehead atoms. The van der Waals surface area contributed by atoms with Gasteiger partial charge in [0.2, 0.25) is 0 Å². The summed E-state index contributed by atoms with van der Waals surface area (Å²) in [5.41, 5.74) is 1.39. The first-order valence-corrected chi connectivity index (χ1v) is 6.41. The minimum Gasteiger partial charge on any atom is -0.495 e. The molecule has 1 aromatic carbocycles. The lowest BCUT2D eigenvalue weighted by Crippen LogP contribution is -2.08. The van der Waals surface area contributed by atoms with Gasteiger partial charge < -0.3 is 4.74 Å². The van der Waals surface area contributed by atoms with Crippen molar-refractivity contribution in [2.24, 2.45) is 0 Å². The topological polar surface area (TPSA) is 50.1 Å². The van der Waals surface area contributed by atoms with Crippen molar-refractivity contribution >= 4 is 10.8 Å². The average Bonchev–Trinajstić information content (AvgIpc) is 2.28. The summed E-state index contributed by atoms with van der Waals surface area (Å²) in [5, 5.41) is 9.04. The summed E-state index contributed by atoms with van der Waals surface area (Å²) in [6, 6.07) is 7.39. The van der Waals surface area contributed by atoms with Crippen LogP contribution in [0.3, 0.4) is 0 Å². The lowest BCUT2D eigenvalue weighted by atomic mass is 10.1. The molecule has 0 aliphatic carbocycles. The van der Waals surface area contributed by atoms with Crippen LogP contribution in [0.2, 0.25) is 0 Å². The Kier molecular flexibility index (Phi) is 4.51. The van der Waals surface area contributed by atoms with Crippen LogP contribution in [0, 0.1) is 11.3 Å². The molecule has 1 rings (SSSR count). The standard InChI is InChI=1S/C12H15NO2S/c1-9(2)16(14)8-10-4-5-12(15-3)11(6-10)7-13/h4-6,9H,8H2,1-3H3. The normalized spacial score (nSPS) is 12.2. The summed E-state index contributed by atoms with van der Waals surface area (Å²) in [6.45, 7) is 3.84. The second kappa shape index (κ2) is 5.66. The van der Waals surface area contributed by atoms with Crippen LogP contribution < -0.4 is 4.74 Å². The highest BCUT2D eigenvalue weighted by molar-refractivity contribution is 7.84. The zero-order valence-electron chi connectivity index (χ0n) is 9.69. The summed E-state index contributed by atoms with van der Waals surface area (Å²) in [5.74, 6) is 1.04. The van der Waals surface area contributed by atoms with Crippen LogP contribution >= 0.6 is 0 Å². The monoisotopic (exact) mass is 237 g/mol. The van der Waals surface area contributed by atoms with E-state index >= 15 is 0 Å². The molecular formula is C12H15NO2S. The Morgan fingerprint density at radius 1 is 1.50 bits per heavy atom. The maximum absolute atomic E-state index is 11.7. The maximum atomic E-state index is 11.7. The van der Waals surface area contributed by atoms with Gasteiger partial charge in [-0.2, -0.15) is 5.26 Å². The third-order valence-corrected chi connectivity index (χ3v) is 3.89. The smallest absolute Gasteiger partial charge is 0.136 e. The van der Waals surface area contributed by atoms with E-state index in [0.29, 0.717) is 17.1 Å². The number of rotatable bonds is 4. The fourth-order valence-corrected chi connectivity index (χ4v) is 2.10. The molecule has 0 aromatic heterocycles. The van der Waals surface area contributed by atoms with Gasteiger partial charge in [-0.1, -0.05) is 19.9 Å². The Balaban J connectivity index is 2.92. The molecular weight excluding hydrogens is 222 g/mol. The molecule has 16 heavy (non-hydrogen) atoms. The molecule has 0 aliphatic rings. The molecule has 1 atom stereocenters. The summed E-state index contributed by atoms with van der Waals surface area (Å²) in [7, 11) is 0.638. The number of ether oxygens (including phenoxy) is 1. The Hall–Kier alpha value is -1.34. The summed E-state index contributed by atoms with van der Waals surface area (Å²) in [6.07, 6.45) is 0. The van der Waals surface area contributed by atoms with Gasteiger partial charge in [-0.05, 0) is 17.7 Å². The van der Waals surface area contributed by atoms with E-state index in [1.165, 1.54) is 7.11 Å². The first-order chi connectivity index (χ1) is 7.58. The van der Waals surface area contributed by atoms with Gasteiger partial charge in [0.25, 0.3) is 0 Å². The maximum Gasteiger partial charge on any atom is 0.136 e. The Bertz CT molecular complexity index is 435. The highest BCUT2D eigenvalue weighted by Crippen LogP contribution is 2.20. The van der Waals surface area contributed by atoms with Crippen LogP contribution in [-0.2, 0) is 16.6 Å². The number of hydrogen-bond acceptors (Lipinski definition) is 3. The minimum absolute atomic E-state index is 0.132. The van der Waals surface area contributed by atoms with Gasteiger partial charge in [0.05, 0.1) is 12.7 Å². The van der Waals surface area contributed by atoms with Crippen LogP contribution in [0.1, 0.15) is 25.0 Å². The van der Waals surface area contributed by atoms with E-state index < -0.39 is 10.8 Å². The van der Waals surface area contributed by atoms with E-state index in [9.17, 15) is 4.21 Å². The fourth-order valence-electron chi connectivity index (χ4n) is 1.26. The lowest BCUT2D eigenvalue weighted by molar-refractivity contribution is 0.413. The molecule has 0 saturated carbocycles. The molecule has 0 amide bonds. The van der Waals surface area contributed by atoms with E-state index in [-0.39, 0.29) is 5.25 Å². The number of nitrogens with zero attached hydrogens (tertiary/aromatic N) is 1. The molecule has 0 radical (unpaired) electrons. The third kappa shape index (κ3) is 3.07. The van der Waals surface area contributed by atoms with Crippen molar-refractivity contribution in [1.29, 1.82) is 5.26 Å². The first-order valence-electron chi connectivity index (χ1n) is 5.02. The van der Waals surface area contributed by atoms with Gasteiger partial charge in [-0.15, -0.1) is 0 Å². The molecule has 0 saturated heterocycles. The molecule has 0 N–H and O–H groups in total. The van der Waals surface area contributed by atoms with Crippen LogP contribution in [-0.4, -0.2) is 16.6 Å². The number of nitriles is 1. The predicted molar refractivity (Wildman–Crippen MR) is 64.7 cm³/mol. The van der Waals surface area contributed by atoms with Crippen molar-refractivity contribution in [1.82, 2.24) is 0 Å². The van der Waals surface area contributed by atoms with Crippen LogP contribution in [0.5, 0.6) is 5.75 Å². The van der Waals surface area contributed by atoms with E-state index in [4.69, 9.17) is 10.00 Å². The van der Waals surface area contributed by atoms with Crippen molar-refractivity contribution in [2.45, 2.75) is 24.9 Å². The first kappa shape index (κ1) is 12.7. The average molecular weight is 237 g/mol. The van der Waals surface area contributed by atoms with Gasteiger partial charge >= 0.3 is 0 Å². The van der Waals surface area contributed by atoms with Crippen molar-refractivity contribution < 1.29 is 8.95 Å². The molecule has 3 nitrogen and oxygen atoms in total. The molecule has 0 aliphatic heterocycles. The molecule has 4 heteroatoms. The highest BCUT2D eigenvalue weighted by atomic mass is 32.2. The second-order valence-electron chi connectivity index (χ2n) is 3.72. The van der Waals surface area contributed by atoms with Gasteiger partial charge in [0.15, 0.2) is 0 Å². The van der Waals surface area contributed by atoms with Crippen molar-refractivity contribution in [3.8, 4) is 11.8 Å². The summed E-state index contributed by atoms with van der Waals surface area (Å²) in [4.78, 5) is 0. The van der Waals surface area contributed by atoms with Gasteiger partial charge in [0.1, 0.15) is 11.8 Å². The predicted octanol–water partition coefficient (Wildman–Crippen LogP) is 2.22. The largest absolute Gasteiger partial charge is 0.495 e. The van der Waals surface area contributed by atoms with E-state index in [1.54, 1.807) is 12.1 Å². The van der Waals surface area contributed by atoms with Gasteiger partial charge in [-0.25, -0.2) is 0 Å². The molecule has 1 unspecified atom stereocenters. The van der Waals surface area contributed by atoms with E-state index in [0.717, 1.165) is 5.56 Å². The third-order valence-electron chi connectivity index (χ3n) is 2.22. The van der Waals surface area contributed by atoms with Gasteiger partial charge in [0, 0.05) is 21.8 Å². The zero-order valence-corrected chi connectivity index (χ0v) is 10.5. The second-order valence-corrected chi connectivity index (χ2v) is 5.71. The van der Waals surface area contributed by atoms with Crippen LogP contribution in [0.4, 0.5) is 0 Å². The van der Waals surface area contributed by atoms with E-state index in [1.807, 2.05) is 19.9 Å². The molecule has 0 spiro atoms. The highest BCUT2D eigenvalue weighted by Gasteiger charge is 2.09. The van der Waals surface area contributed by atoms with Crippen molar-refractivity contribution in [2.75, 3.05) is 7.11 Å². The quantitative estimate of drug-likeness (QED) is 0.806. The fraction of sp³-hybridized carbons (Fsp3) is 0.417. The van der Waals surface area contributed by atoms with Crippen LogP contribution in [0.25, 0.3) is 0 Å².